The molecule has 23 heavy (non-hydrogen) atoms. The molecule has 3 rings (SSSR count). The molecule has 0 saturated carbocycles. The Labute approximate surface area is 136 Å². The van der Waals surface area contributed by atoms with Crippen molar-refractivity contribution < 1.29 is 14.3 Å². The number of fused-ring (bicyclic) bond motifs is 1. The number of ether oxygens (including phenoxy) is 2. The Morgan fingerprint density at radius 2 is 2.04 bits per heavy atom. The van der Waals surface area contributed by atoms with Crippen molar-refractivity contribution in [2.45, 2.75) is 25.6 Å². The maximum absolute atomic E-state index is 11.7. The van der Waals surface area contributed by atoms with E-state index in [0.29, 0.717) is 19.7 Å². The molecule has 1 fully saturated rings. The fraction of sp³-hybridized carbons (Fsp3) is 0.389. The molecule has 1 aliphatic heterocycles. The van der Waals surface area contributed by atoms with Gasteiger partial charge in [0.05, 0.1) is 19.8 Å². The van der Waals surface area contributed by atoms with Crippen LogP contribution in [0.15, 0.2) is 36.4 Å². The van der Waals surface area contributed by atoms with Crippen molar-refractivity contribution in [3.63, 3.8) is 0 Å². The topological polar surface area (TPSA) is 64.8 Å². The second-order valence-corrected chi connectivity index (χ2v) is 5.94. The number of amides is 1. The zero-order valence-corrected chi connectivity index (χ0v) is 13.5. The number of morpholine rings is 1. The molecule has 1 heterocycles. The van der Waals surface area contributed by atoms with Crippen LogP contribution in [0.3, 0.4) is 0 Å². The summed E-state index contributed by atoms with van der Waals surface area (Å²) in [5.41, 5.74) is 6.71. The average Bonchev–Trinajstić information content (AvgIpc) is 2.54. The first-order valence-electron chi connectivity index (χ1n) is 7.80. The van der Waals surface area contributed by atoms with Crippen LogP contribution in [-0.4, -0.2) is 43.2 Å². The Balaban J connectivity index is 1.84. The molecular weight excluding hydrogens is 292 g/mol. The van der Waals surface area contributed by atoms with Crippen LogP contribution in [0.2, 0.25) is 0 Å². The van der Waals surface area contributed by atoms with Crippen molar-refractivity contribution in [3.05, 3.63) is 42.0 Å². The normalized spacial score (nSPS) is 22.2. The third-order valence-corrected chi connectivity index (χ3v) is 4.39. The van der Waals surface area contributed by atoms with Gasteiger partial charge in [-0.2, -0.15) is 0 Å². The van der Waals surface area contributed by atoms with E-state index < -0.39 is 0 Å². The van der Waals surface area contributed by atoms with Gasteiger partial charge in [0.1, 0.15) is 11.8 Å². The minimum atomic E-state index is -0.379. The number of nitrogens with zero attached hydrogens (tertiary/aromatic N) is 1. The van der Waals surface area contributed by atoms with Gasteiger partial charge >= 0.3 is 0 Å². The van der Waals surface area contributed by atoms with Gasteiger partial charge in [-0.25, -0.2) is 0 Å². The molecule has 2 N–H and O–H groups in total. The zero-order chi connectivity index (χ0) is 16.4. The summed E-state index contributed by atoms with van der Waals surface area (Å²) in [6.45, 7) is 3.91. The minimum absolute atomic E-state index is 0.175. The Morgan fingerprint density at radius 1 is 1.30 bits per heavy atom. The molecule has 0 unspecified atom stereocenters. The summed E-state index contributed by atoms with van der Waals surface area (Å²) in [5.74, 6) is 0.517. The summed E-state index contributed by atoms with van der Waals surface area (Å²) in [5, 5.41) is 2.29. The molecule has 1 amide bonds. The second kappa shape index (κ2) is 6.56. The lowest BCUT2D eigenvalue weighted by Gasteiger charge is -2.37. The van der Waals surface area contributed by atoms with Crippen molar-refractivity contribution in [2.75, 3.05) is 20.3 Å². The van der Waals surface area contributed by atoms with E-state index >= 15 is 0 Å². The van der Waals surface area contributed by atoms with E-state index in [9.17, 15) is 4.79 Å². The van der Waals surface area contributed by atoms with Crippen molar-refractivity contribution in [1.29, 1.82) is 0 Å². The number of nitrogens with two attached hydrogens (primary N) is 1. The molecule has 0 aliphatic carbocycles. The molecule has 5 nitrogen and oxygen atoms in total. The molecular formula is C18H22N2O3. The first kappa shape index (κ1) is 15.8. The molecule has 5 heteroatoms. The average molecular weight is 314 g/mol. The minimum Gasteiger partial charge on any atom is -0.497 e. The third kappa shape index (κ3) is 3.30. The summed E-state index contributed by atoms with van der Waals surface area (Å²) in [7, 11) is 1.67. The molecule has 0 radical (unpaired) electrons. The lowest BCUT2D eigenvalue weighted by molar-refractivity contribution is -0.136. The summed E-state index contributed by atoms with van der Waals surface area (Å²) in [4.78, 5) is 13.8. The van der Waals surface area contributed by atoms with Gasteiger partial charge in [0.15, 0.2) is 0 Å². The number of benzene rings is 2. The van der Waals surface area contributed by atoms with Crippen LogP contribution in [0.5, 0.6) is 5.75 Å². The van der Waals surface area contributed by atoms with Gasteiger partial charge in [0, 0.05) is 13.1 Å². The molecule has 2 atom stereocenters. The second-order valence-electron chi connectivity index (χ2n) is 5.94. The van der Waals surface area contributed by atoms with Gasteiger partial charge in [0.25, 0.3) is 0 Å². The number of rotatable bonds is 4. The SMILES string of the molecule is COc1ccc2cc(CN3CCO[C@H](C)[C@H]3C(N)=O)ccc2c1. The largest absolute Gasteiger partial charge is 0.497 e. The first-order valence-corrected chi connectivity index (χ1v) is 7.80. The highest BCUT2D eigenvalue weighted by Crippen LogP contribution is 2.24. The van der Waals surface area contributed by atoms with E-state index in [1.54, 1.807) is 7.11 Å². The number of carbonyl (C=O) groups is 1. The maximum atomic E-state index is 11.7. The standard InChI is InChI=1S/C18H22N2O3/c1-12-17(18(19)21)20(7-8-23-12)11-13-3-4-15-10-16(22-2)6-5-14(15)9-13/h3-6,9-10,12,17H,7-8,11H2,1-2H3,(H2,19,21)/t12-,17+/m1/s1. The summed E-state index contributed by atoms with van der Waals surface area (Å²) >= 11 is 0. The van der Waals surface area contributed by atoms with Crippen LogP contribution in [0.4, 0.5) is 0 Å². The molecule has 0 aromatic heterocycles. The molecule has 122 valence electrons. The van der Waals surface area contributed by atoms with Crippen LogP contribution < -0.4 is 10.5 Å². The number of methoxy groups -OCH3 is 1. The van der Waals surface area contributed by atoms with Crippen molar-refractivity contribution in [3.8, 4) is 5.75 Å². The van der Waals surface area contributed by atoms with Gasteiger partial charge in [-0.05, 0) is 41.5 Å². The molecule has 2 aromatic rings. The van der Waals surface area contributed by atoms with Gasteiger partial charge in [-0.1, -0.05) is 18.2 Å². The molecule has 1 saturated heterocycles. The van der Waals surface area contributed by atoms with Crippen LogP contribution in [-0.2, 0) is 16.1 Å². The van der Waals surface area contributed by atoms with E-state index in [4.69, 9.17) is 15.2 Å². The predicted octanol–water partition coefficient (Wildman–Crippen LogP) is 1.92. The van der Waals surface area contributed by atoms with Gasteiger partial charge in [-0.3, -0.25) is 9.69 Å². The van der Waals surface area contributed by atoms with E-state index in [2.05, 4.69) is 23.1 Å². The van der Waals surface area contributed by atoms with E-state index in [-0.39, 0.29) is 18.1 Å². The van der Waals surface area contributed by atoms with Crippen LogP contribution in [0.25, 0.3) is 10.8 Å². The zero-order valence-electron chi connectivity index (χ0n) is 13.5. The molecule has 2 aromatic carbocycles. The maximum Gasteiger partial charge on any atom is 0.237 e. The lowest BCUT2D eigenvalue weighted by atomic mass is 10.0. The fourth-order valence-electron chi connectivity index (χ4n) is 3.20. The molecule has 0 spiro atoms. The number of carbonyl (C=O) groups excluding carboxylic acids is 1. The smallest absolute Gasteiger partial charge is 0.237 e. The van der Waals surface area contributed by atoms with E-state index in [0.717, 1.165) is 22.1 Å². The third-order valence-electron chi connectivity index (χ3n) is 4.39. The molecule has 0 bridgehead atoms. The Kier molecular flexibility index (Phi) is 4.50. The van der Waals surface area contributed by atoms with E-state index in [1.807, 2.05) is 25.1 Å². The molecule has 1 aliphatic rings. The van der Waals surface area contributed by atoms with Gasteiger partial charge < -0.3 is 15.2 Å². The van der Waals surface area contributed by atoms with Gasteiger partial charge in [-0.15, -0.1) is 0 Å². The number of hydrogen-bond acceptors (Lipinski definition) is 4. The monoisotopic (exact) mass is 314 g/mol. The van der Waals surface area contributed by atoms with Crippen LogP contribution in [0, 0.1) is 0 Å². The summed E-state index contributed by atoms with van der Waals surface area (Å²) < 4.78 is 10.8. The fourth-order valence-corrected chi connectivity index (χ4v) is 3.20. The summed E-state index contributed by atoms with van der Waals surface area (Å²) in [6.07, 6.45) is -0.175. The quantitative estimate of drug-likeness (QED) is 0.936. The first-order chi connectivity index (χ1) is 11.1. The Hall–Kier alpha value is -2.11. The van der Waals surface area contributed by atoms with Gasteiger partial charge in [0.2, 0.25) is 5.91 Å². The Morgan fingerprint density at radius 3 is 2.78 bits per heavy atom. The predicted molar refractivity (Wildman–Crippen MR) is 89.3 cm³/mol. The van der Waals surface area contributed by atoms with Crippen LogP contribution >= 0.6 is 0 Å². The Bertz CT molecular complexity index is 716. The van der Waals surface area contributed by atoms with Crippen molar-refractivity contribution >= 4 is 16.7 Å². The number of hydrogen-bond donors (Lipinski definition) is 1. The number of primary amides is 1. The summed E-state index contributed by atoms with van der Waals surface area (Å²) in [6, 6.07) is 11.9. The van der Waals surface area contributed by atoms with E-state index in [1.165, 1.54) is 0 Å². The van der Waals surface area contributed by atoms with Crippen molar-refractivity contribution in [2.24, 2.45) is 5.73 Å². The van der Waals surface area contributed by atoms with Crippen LogP contribution in [0.1, 0.15) is 12.5 Å². The van der Waals surface area contributed by atoms with Crippen molar-refractivity contribution in [1.82, 2.24) is 4.90 Å². The highest BCUT2D eigenvalue weighted by atomic mass is 16.5. The highest BCUT2D eigenvalue weighted by molar-refractivity contribution is 5.84. The highest BCUT2D eigenvalue weighted by Gasteiger charge is 2.33. The lowest BCUT2D eigenvalue weighted by Crippen LogP contribution is -2.56.